The lowest BCUT2D eigenvalue weighted by atomic mass is 10.2. The van der Waals surface area contributed by atoms with Crippen molar-refractivity contribution in [3.05, 3.63) is 41.2 Å². The molecule has 0 bridgehead atoms. The lowest BCUT2D eigenvalue weighted by Crippen LogP contribution is -2.25. The quantitative estimate of drug-likeness (QED) is 0.807. The van der Waals surface area contributed by atoms with Crippen LogP contribution in [0.3, 0.4) is 0 Å². The molecule has 21 heavy (non-hydrogen) atoms. The maximum atomic E-state index is 12.7. The second kappa shape index (κ2) is 4.84. The van der Waals surface area contributed by atoms with Gasteiger partial charge < -0.3 is 9.80 Å². The fourth-order valence-electron chi connectivity index (χ4n) is 2.59. The van der Waals surface area contributed by atoms with Gasteiger partial charge in [-0.25, -0.2) is 9.97 Å². The summed E-state index contributed by atoms with van der Waals surface area (Å²) in [5, 5.41) is 0. The molecule has 0 unspecified atom stereocenters. The van der Waals surface area contributed by atoms with Crippen LogP contribution in [0.15, 0.2) is 24.4 Å². The first-order chi connectivity index (χ1) is 10.0. The number of anilines is 3. The van der Waals surface area contributed by atoms with E-state index in [1.807, 2.05) is 37.8 Å². The Morgan fingerprint density at radius 1 is 1.24 bits per heavy atom. The summed E-state index contributed by atoms with van der Waals surface area (Å²) in [6.07, 6.45) is 1.71. The van der Waals surface area contributed by atoms with Gasteiger partial charge in [0.1, 0.15) is 5.82 Å². The third-order valence-corrected chi connectivity index (χ3v) is 3.94. The van der Waals surface area contributed by atoms with Crippen molar-refractivity contribution in [2.45, 2.75) is 20.8 Å². The van der Waals surface area contributed by atoms with Crippen LogP contribution in [-0.2, 0) is 0 Å². The molecule has 0 saturated carbocycles. The number of rotatable bonds is 1. The van der Waals surface area contributed by atoms with Crippen LogP contribution < -0.4 is 9.80 Å². The van der Waals surface area contributed by atoms with Crippen molar-refractivity contribution < 1.29 is 4.79 Å². The molecule has 1 aliphatic heterocycles. The minimum Gasteiger partial charge on any atom is -0.309 e. The Labute approximate surface area is 124 Å². The molecule has 0 aromatic carbocycles. The van der Waals surface area contributed by atoms with E-state index < -0.39 is 0 Å². The van der Waals surface area contributed by atoms with Crippen LogP contribution in [0, 0.1) is 13.8 Å². The van der Waals surface area contributed by atoms with Crippen molar-refractivity contribution >= 4 is 23.2 Å². The number of nitrogens with zero attached hydrogens (tertiary/aromatic N) is 4. The highest BCUT2D eigenvalue weighted by Crippen LogP contribution is 2.38. The summed E-state index contributed by atoms with van der Waals surface area (Å²) in [4.78, 5) is 25.5. The van der Waals surface area contributed by atoms with E-state index in [9.17, 15) is 4.79 Å². The molecule has 0 fully saturated rings. The van der Waals surface area contributed by atoms with Crippen LogP contribution in [0.25, 0.3) is 0 Å². The second-order valence-electron chi connectivity index (χ2n) is 5.22. The van der Waals surface area contributed by atoms with Crippen molar-refractivity contribution in [2.24, 2.45) is 0 Å². The van der Waals surface area contributed by atoms with Gasteiger partial charge >= 0.3 is 0 Å². The van der Waals surface area contributed by atoms with Gasteiger partial charge in [0.2, 0.25) is 0 Å². The first-order valence-corrected chi connectivity index (χ1v) is 7.03. The van der Waals surface area contributed by atoms with Gasteiger partial charge in [-0.2, -0.15) is 0 Å². The molecule has 1 aliphatic rings. The van der Waals surface area contributed by atoms with E-state index in [4.69, 9.17) is 4.98 Å². The predicted molar refractivity (Wildman–Crippen MR) is 83.4 cm³/mol. The number of hydrogen-bond acceptors (Lipinski definition) is 4. The van der Waals surface area contributed by atoms with E-state index in [0.717, 1.165) is 22.8 Å². The minimum absolute atomic E-state index is 0.0552. The molecular weight excluding hydrogens is 264 g/mol. The maximum absolute atomic E-state index is 12.7. The Bertz CT molecular complexity index is 726. The first-order valence-electron chi connectivity index (χ1n) is 7.03. The fourth-order valence-corrected chi connectivity index (χ4v) is 2.59. The molecule has 0 saturated heterocycles. The molecular formula is C16H18N4O. The van der Waals surface area contributed by atoms with Crippen LogP contribution in [0.2, 0.25) is 0 Å². The van der Waals surface area contributed by atoms with Crippen LogP contribution in [0.5, 0.6) is 0 Å². The van der Waals surface area contributed by atoms with Gasteiger partial charge in [0.25, 0.3) is 5.91 Å². The maximum Gasteiger partial charge on any atom is 0.261 e. The highest BCUT2D eigenvalue weighted by molar-refractivity contribution is 6.12. The largest absolute Gasteiger partial charge is 0.309 e. The van der Waals surface area contributed by atoms with Crippen molar-refractivity contribution in [3.63, 3.8) is 0 Å². The number of aromatic nitrogens is 2. The fraction of sp³-hybridized carbons (Fsp3) is 0.312. The van der Waals surface area contributed by atoms with Crippen LogP contribution >= 0.6 is 0 Å². The van der Waals surface area contributed by atoms with Gasteiger partial charge in [-0.1, -0.05) is 0 Å². The third-order valence-electron chi connectivity index (χ3n) is 3.94. The molecule has 0 atom stereocenters. The van der Waals surface area contributed by atoms with Crippen molar-refractivity contribution in [3.8, 4) is 0 Å². The highest BCUT2D eigenvalue weighted by Gasteiger charge is 2.30. The van der Waals surface area contributed by atoms with Gasteiger partial charge in [-0.15, -0.1) is 0 Å². The molecule has 3 rings (SSSR count). The number of hydrogen-bond donors (Lipinski definition) is 0. The molecule has 2 aromatic rings. The molecule has 0 spiro atoms. The standard InChI is InChI=1S/C16H18N4O/c1-5-20-14-12(7-6-8-17-14)16(21)19(4)13-9-10(2)11(3)18-15(13)20/h6-9H,5H2,1-4H3. The Hall–Kier alpha value is -2.43. The lowest BCUT2D eigenvalue weighted by Gasteiger charge is -2.24. The Kier molecular flexibility index (Phi) is 3.12. The average Bonchev–Trinajstić information content (AvgIpc) is 2.57. The van der Waals surface area contributed by atoms with E-state index in [-0.39, 0.29) is 5.91 Å². The van der Waals surface area contributed by atoms with Crippen molar-refractivity contribution in [1.82, 2.24) is 9.97 Å². The first kappa shape index (κ1) is 13.5. The summed E-state index contributed by atoms with van der Waals surface area (Å²) < 4.78 is 0. The molecule has 3 heterocycles. The van der Waals surface area contributed by atoms with Gasteiger partial charge in [0, 0.05) is 25.5 Å². The number of pyridine rings is 2. The molecule has 0 aliphatic carbocycles. The van der Waals surface area contributed by atoms with Crippen LogP contribution in [0.1, 0.15) is 28.5 Å². The zero-order valence-corrected chi connectivity index (χ0v) is 12.7. The summed E-state index contributed by atoms with van der Waals surface area (Å²) >= 11 is 0. The highest BCUT2D eigenvalue weighted by atomic mass is 16.2. The van der Waals surface area contributed by atoms with Gasteiger partial charge in [-0.3, -0.25) is 4.79 Å². The number of amides is 1. The van der Waals surface area contributed by atoms with E-state index in [2.05, 4.69) is 4.98 Å². The Morgan fingerprint density at radius 2 is 2.00 bits per heavy atom. The lowest BCUT2D eigenvalue weighted by molar-refractivity contribution is 0.0994. The van der Waals surface area contributed by atoms with Gasteiger partial charge in [0.05, 0.1) is 11.3 Å². The molecule has 5 heteroatoms. The Balaban J connectivity index is 2.34. The monoisotopic (exact) mass is 282 g/mol. The normalized spacial score (nSPS) is 13.8. The van der Waals surface area contributed by atoms with E-state index >= 15 is 0 Å². The molecule has 1 amide bonds. The molecule has 108 valence electrons. The van der Waals surface area contributed by atoms with Crippen LogP contribution in [0.4, 0.5) is 17.3 Å². The topological polar surface area (TPSA) is 49.3 Å². The SMILES string of the molecule is CCN1c2ncccc2C(=O)N(C)c2cc(C)c(C)nc21. The van der Waals surface area contributed by atoms with Gasteiger partial charge in [0.15, 0.2) is 5.82 Å². The van der Waals surface area contributed by atoms with Crippen LogP contribution in [-0.4, -0.2) is 29.5 Å². The summed E-state index contributed by atoms with van der Waals surface area (Å²) in [5.74, 6) is 1.40. The second-order valence-corrected chi connectivity index (χ2v) is 5.22. The van der Waals surface area contributed by atoms with Crippen molar-refractivity contribution in [1.29, 1.82) is 0 Å². The molecule has 5 nitrogen and oxygen atoms in total. The molecule has 2 aromatic heterocycles. The number of fused-ring (bicyclic) bond motifs is 2. The van der Waals surface area contributed by atoms with Crippen molar-refractivity contribution in [2.75, 3.05) is 23.4 Å². The van der Waals surface area contributed by atoms with E-state index in [1.54, 1.807) is 24.2 Å². The number of carbonyl (C=O) groups excluding carboxylic acids is 1. The molecule has 0 radical (unpaired) electrons. The summed E-state index contributed by atoms with van der Waals surface area (Å²) in [6, 6.07) is 5.62. The number of carbonyl (C=O) groups is 1. The zero-order valence-electron chi connectivity index (χ0n) is 12.7. The smallest absolute Gasteiger partial charge is 0.261 e. The minimum atomic E-state index is -0.0552. The molecule has 0 N–H and O–H groups in total. The summed E-state index contributed by atoms with van der Waals surface area (Å²) in [7, 11) is 1.79. The number of aryl methyl sites for hydroxylation is 2. The van der Waals surface area contributed by atoms with E-state index in [0.29, 0.717) is 17.9 Å². The third kappa shape index (κ3) is 1.96. The zero-order chi connectivity index (χ0) is 15.1. The average molecular weight is 282 g/mol. The summed E-state index contributed by atoms with van der Waals surface area (Å²) in [6.45, 7) is 6.73. The Morgan fingerprint density at radius 3 is 2.71 bits per heavy atom. The predicted octanol–water partition coefficient (Wildman–Crippen LogP) is 2.84. The summed E-state index contributed by atoms with van der Waals surface area (Å²) in [5.41, 5.74) is 3.47. The van der Waals surface area contributed by atoms with Gasteiger partial charge in [-0.05, 0) is 44.5 Å². The van der Waals surface area contributed by atoms with E-state index in [1.165, 1.54) is 0 Å².